The molecule has 0 aliphatic carbocycles. The van der Waals surface area contributed by atoms with Crippen LogP contribution in [0.2, 0.25) is 0 Å². The van der Waals surface area contributed by atoms with Crippen LogP contribution in [0.3, 0.4) is 0 Å². The van der Waals surface area contributed by atoms with E-state index in [9.17, 15) is 13.0 Å². The quantitative estimate of drug-likeness (QED) is 0.565. The molecule has 2 aromatic rings. The van der Waals surface area contributed by atoms with Gasteiger partial charge in [0.2, 0.25) is 0 Å². The van der Waals surface area contributed by atoms with Gasteiger partial charge in [0.15, 0.2) is 0 Å². The van der Waals surface area contributed by atoms with E-state index in [1.54, 1.807) is 6.07 Å². The van der Waals surface area contributed by atoms with Gasteiger partial charge in [-0.3, -0.25) is 0 Å². The molecular formula is C18H23NaO3S. The van der Waals surface area contributed by atoms with Gasteiger partial charge >= 0.3 is 29.6 Å². The zero-order valence-corrected chi connectivity index (χ0v) is 17.1. The second kappa shape index (κ2) is 9.19. The molecule has 2 rings (SSSR count). The van der Waals surface area contributed by atoms with Gasteiger partial charge < -0.3 is 4.55 Å². The van der Waals surface area contributed by atoms with Crippen molar-refractivity contribution in [3.8, 4) is 0 Å². The second-order valence-corrected chi connectivity index (χ2v) is 7.13. The molecule has 0 aliphatic heterocycles. The van der Waals surface area contributed by atoms with Gasteiger partial charge in [0.25, 0.3) is 0 Å². The molecule has 0 saturated carbocycles. The van der Waals surface area contributed by atoms with Crippen molar-refractivity contribution >= 4 is 20.9 Å². The Morgan fingerprint density at radius 1 is 0.957 bits per heavy atom. The Morgan fingerprint density at radius 2 is 1.61 bits per heavy atom. The minimum absolute atomic E-state index is 0. The maximum absolute atomic E-state index is 11.2. The van der Waals surface area contributed by atoms with Crippen LogP contribution in [0.15, 0.2) is 35.2 Å². The zero-order valence-electron chi connectivity index (χ0n) is 14.3. The van der Waals surface area contributed by atoms with Crippen LogP contribution in [-0.4, -0.2) is 13.0 Å². The van der Waals surface area contributed by atoms with Crippen molar-refractivity contribution in [3.05, 3.63) is 41.5 Å². The van der Waals surface area contributed by atoms with E-state index < -0.39 is 10.1 Å². The normalized spacial score (nSPS) is 11.4. The molecule has 5 heteroatoms. The Labute approximate surface area is 161 Å². The number of rotatable bonds is 7. The zero-order chi connectivity index (χ0) is 16.2. The Balaban J connectivity index is 0.00000264. The number of fused-ring (bicyclic) bond motifs is 1. The van der Waals surface area contributed by atoms with Gasteiger partial charge in [-0.05, 0) is 59.7 Å². The fourth-order valence-electron chi connectivity index (χ4n) is 2.82. The van der Waals surface area contributed by atoms with E-state index in [0.29, 0.717) is 0 Å². The van der Waals surface area contributed by atoms with Gasteiger partial charge in [-0.25, -0.2) is 8.42 Å². The smallest absolute Gasteiger partial charge is 0.744 e. The topological polar surface area (TPSA) is 57.2 Å². The molecule has 0 fully saturated rings. The Hall–Kier alpha value is -0.390. The molecule has 0 bridgehead atoms. The van der Waals surface area contributed by atoms with Crippen molar-refractivity contribution in [1.82, 2.24) is 0 Å². The molecule has 0 unspecified atom stereocenters. The second-order valence-electron chi connectivity index (χ2n) is 5.75. The fraction of sp³-hybridized carbons (Fsp3) is 0.444. The first-order valence-electron chi connectivity index (χ1n) is 7.97. The van der Waals surface area contributed by atoms with E-state index in [1.807, 2.05) is 6.07 Å². The Morgan fingerprint density at radius 3 is 2.22 bits per heavy atom. The van der Waals surface area contributed by atoms with E-state index in [1.165, 1.54) is 23.3 Å². The third kappa shape index (κ3) is 5.30. The fourth-order valence-corrected chi connectivity index (χ4v) is 3.33. The first-order valence-corrected chi connectivity index (χ1v) is 9.38. The first kappa shape index (κ1) is 20.7. The molecule has 0 aliphatic rings. The molecule has 2 aromatic carbocycles. The molecule has 0 amide bonds. The molecule has 0 saturated heterocycles. The van der Waals surface area contributed by atoms with Crippen molar-refractivity contribution < 1.29 is 42.5 Å². The van der Waals surface area contributed by atoms with Crippen molar-refractivity contribution in [2.75, 3.05) is 0 Å². The third-order valence-corrected chi connectivity index (χ3v) is 4.90. The summed E-state index contributed by atoms with van der Waals surface area (Å²) in [5.74, 6) is 0. The van der Waals surface area contributed by atoms with Crippen LogP contribution in [0.5, 0.6) is 0 Å². The van der Waals surface area contributed by atoms with Gasteiger partial charge in [-0.15, -0.1) is 0 Å². The Kier molecular flexibility index (Phi) is 8.25. The van der Waals surface area contributed by atoms with Crippen molar-refractivity contribution in [1.29, 1.82) is 0 Å². The van der Waals surface area contributed by atoms with E-state index in [0.717, 1.165) is 49.3 Å². The average molecular weight is 342 g/mol. The largest absolute Gasteiger partial charge is 1.00 e. The molecule has 0 heterocycles. The molecule has 0 spiro atoms. The number of hydrogen-bond acceptors (Lipinski definition) is 3. The van der Waals surface area contributed by atoms with E-state index >= 15 is 0 Å². The Bertz CT molecular complexity index is 754. The molecule has 0 atom stereocenters. The van der Waals surface area contributed by atoms with Crippen LogP contribution in [0.25, 0.3) is 10.8 Å². The van der Waals surface area contributed by atoms with Crippen molar-refractivity contribution in [2.24, 2.45) is 0 Å². The predicted molar refractivity (Wildman–Crippen MR) is 89.1 cm³/mol. The van der Waals surface area contributed by atoms with Crippen LogP contribution >= 0.6 is 0 Å². The number of benzene rings is 2. The van der Waals surface area contributed by atoms with E-state index in [-0.39, 0.29) is 34.5 Å². The molecule has 0 N–H and O–H groups in total. The summed E-state index contributed by atoms with van der Waals surface area (Å²) in [5.41, 5.74) is 2.66. The monoisotopic (exact) mass is 342 g/mol. The first-order chi connectivity index (χ1) is 10.5. The van der Waals surface area contributed by atoms with Gasteiger partial charge in [0.1, 0.15) is 10.1 Å². The number of aryl methyl sites for hydroxylation is 2. The summed E-state index contributed by atoms with van der Waals surface area (Å²) in [7, 11) is -4.40. The van der Waals surface area contributed by atoms with Gasteiger partial charge in [-0.2, -0.15) is 0 Å². The summed E-state index contributed by atoms with van der Waals surface area (Å²) in [6.07, 6.45) is 6.58. The van der Waals surface area contributed by atoms with Crippen LogP contribution in [0.1, 0.15) is 50.7 Å². The third-order valence-electron chi connectivity index (χ3n) is 4.07. The molecule has 120 valence electrons. The average Bonchev–Trinajstić information content (AvgIpc) is 2.49. The van der Waals surface area contributed by atoms with Crippen molar-refractivity contribution in [2.45, 2.75) is 57.3 Å². The summed E-state index contributed by atoms with van der Waals surface area (Å²) in [4.78, 5) is -0.150. The summed E-state index contributed by atoms with van der Waals surface area (Å²) < 4.78 is 33.6. The van der Waals surface area contributed by atoms with E-state index in [2.05, 4.69) is 19.9 Å². The maximum Gasteiger partial charge on any atom is 1.00 e. The van der Waals surface area contributed by atoms with Crippen LogP contribution in [-0.2, 0) is 23.0 Å². The summed E-state index contributed by atoms with van der Waals surface area (Å²) in [5, 5.41) is 1.91. The molecule has 0 radical (unpaired) electrons. The van der Waals surface area contributed by atoms with Crippen LogP contribution < -0.4 is 29.6 Å². The summed E-state index contributed by atoms with van der Waals surface area (Å²) in [6.45, 7) is 4.34. The minimum atomic E-state index is -4.40. The molecular weight excluding hydrogens is 319 g/mol. The van der Waals surface area contributed by atoms with E-state index in [4.69, 9.17) is 0 Å². The summed E-state index contributed by atoms with van der Waals surface area (Å²) >= 11 is 0. The molecule has 3 nitrogen and oxygen atoms in total. The standard InChI is InChI=1S/C18H24O3S.Na/c1-3-5-7-14-9-10-15-13-16(22(19,20)21)11-12-18(15)17(14)8-6-4-2;/h9-13H,3-8H2,1-2H3,(H,19,20,21);/q;+1/p-1. The predicted octanol–water partition coefficient (Wildman–Crippen LogP) is 1.43. The minimum Gasteiger partial charge on any atom is -0.744 e. The maximum atomic E-state index is 11.2. The van der Waals surface area contributed by atoms with Gasteiger partial charge in [0, 0.05) is 0 Å². The van der Waals surface area contributed by atoms with Crippen LogP contribution in [0.4, 0.5) is 0 Å². The van der Waals surface area contributed by atoms with Gasteiger partial charge in [-0.1, -0.05) is 44.9 Å². The number of unbranched alkanes of at least 4 members (excludes halogenated alkanes) is 2. The van der Waals surface area contributed by atoms with Crippen LogP contribution in [0, 0.1) is 0 Å². The number of hydrogen-bond donors (Lipinski definition) is 0. The molecule has 0 aromatic heterocycles. The summed E-state index contributed by atoms with van der Waals surface area (Å²) in [6, 6.07) is 8.75. The van der Waals surface area contributed by atoms with Gasteiger partial charge in [0.05, 0.1) is 4.90 Å². The van der Waals surface area contributed by atoms with Crippen molar-refractivity contribution in [3.63, 3.8) is 0 Å². The SMILES string of the molecule is CCCCc1ccc2cc(S(=O)(=O)[O-])ccc2c1CCCC.[Na+]. The molecule has 23 heavy (non-hydrogen) atoms.